The number of hydrogen-bond donors (Lipinski definition) is 1. The minimum absolute atomic E-state index is 0.122. The number of carbonyl (C=O) groups is 2. The van der Waals surface area contributed by atoms with Gasteiger partial charge in [-0.1, -0.05) is 6.92 Å². The third-order valence-corrected chi connectivity index (χ3v) is 3.93. The Bertz CT molecular complexity index is 694. The van der Waals surface area contributed by atoms with Crippen molar-refractivity contribution < 1.29 is 14.7 Å². The molecule has 2 atom stereocenters. The molecule has 0 radical (unpaired) electrons. The summed E-state index contributed by atoms with van der Waals surface area (Å²) in [6.45, 7) is 2.86. The Morgan fingerprint density at radius 1 is 1.33 bits per heavy atom. The second-order valence-corrected chi connectivity index (χ2v) is 5.70. The fourth-order valence-electron chi connectivity index (χ4n) is 2.93. The summed E-state index contributed by atoms with van der Waals surface area (Å²) in [5, 5.41) is 9.19. The Kier molecular flexibility index (Phi) is 3.37. The zero-order valence-electron chi connectivity index (χ0n) is 11.8. The van der Waals surface area contributed by atoms with Gasteiger partial charge in [0.05, 0.1) is 11.5 Å². The summed E-state index contributed by atoms with van der Waals surface area (Å²) >= 11 is 0. The lowest BCUT2D eigenvalue weighted by Crippen LogP contribution is -2.45. The van der Waals surface area contributed by atoms with E-state index in [2.05, 4.69) is 4.98 Å². The molecule has 1 N–H and O–H groups in total. The quantitative estimate of drug-likeness (QED) is 0.908. The fourth-order valence-corrected chi connectivity index (χ4v) is 2.93. The lowest BCUT2D eigenvalue weighted by Gasteiger charge is -2.34. The predicted octanol–water partition coefficient (Wildman–Crippen LogP) is 1.52. The molecule has 3 heterocycles. The summed E-state index contributed by atoms with van der Waals surface area (Å²) in [5.41, 5.74) is 1.33. The lowest BCUT2D eigenvalue weighted by molar-refractivity contribution is -0.143. The van der Waals surface area contributed by atoms with E-state index in [1.54, 1.807) is 40.0 Å². The zero-order valence-corrected chi connectivity index (χ0v) is 11.8. The molecule has 0 spiro atoms. The summed E-state index contributed by atoms with van der Waals surface area (Å²) in [4.78, 5) is 29.6. The molecule has 21 heavy (non-hydrogen) atoms. The average Bonchev–Trinajstić information content (AvgIpc) is 2.93. The van der Waals surface area contributed by atoms with Crippen molar-refractivity contribution in [2.45, 2.75) is 13.3 Å². The van der Waals surface area contributed by atoms with Gasteiger partial charge in [-0.2, -0.15) is 0 Å². The number of hydrogen-bond acceptors (Lipinski definition) is 3. The van der Waals surface area contributed by atoms with E-state index in [4.69, 9.17) is 0 Å². The number of pyridine rings is 1. The standard InChI is InChI=1S/C15H17N3O3/c1-10-6-12(15(20)21)9-18(7-10)14(19)11-2-3-13-16-4-5-17(13)8-11/h2-5,8,10,12H,6-7,9H2,1H3,(H,20,21). The van der Waals surface area contributed by atoms with Crippen LogP contribution in [-0.4, -0.2) is 44.4 Å². The Labute approximate surface area is 122 Å². The maximum absolute atomic E-state index is 12.6. The molecule has 1 aliphatic rings. The van der Waals surface area contributed by atoms with Crippen LogP contribution in [0.25, 0.3) is 5.65 Å². The molecule has 0 bridgehead atoms. The van der Waals surface area contributed by atoms with Gasteiger partial charge in [-0.25, -0.2) is 4.98 Å². The van der Waals surface area contributed by atoms with Gasteiger partial charge < -0.3 is 14.4 Å². The van der Waals surface area contributed by atoms with Crippen molar-refractivity contribution in [1.82, 2.24) is 14.3 Å². The van der Waals surface area contributed by atoms with E-state index in [1.165, 1.54) is 0 Å². The molecule has 3 rings (SSSR count). The number of aliphatic carboxylic acids is 1. The molecule has 1 amide bonds. The SMILES string of the molecule is CC1CC(C(=O)O)CN(C(=O)c2ccc3nccn3c2)C1. The Morgan fingerprint density at radius 3 is 2.90 bits per heavy atom. The number of aromatic nitrogens is 2. The van der Waals surface area contributed by atoms with Crippen LogP contribution in [0.4, 0.5) is 0 Å². The minimum atomic E-state index is -0.829. The maximum atomic E-state index is 12.6. The Morgan fingerprint density at radius 2 is 2.14 bits per heavy atom. The fraction of sp³-hybridized carbons (Fsp3) is 0.400. The highest BCUT2D eigenvalue weighted by Crippen LogP contribution is 2.23. The molecule has 1 saturated heterocycles. The number of imidazole rings is 1. The number of nitrogens with zero attached hydrogens (tertiary/aromatic N) is 3. The van der Waals surface area contributed by atoms with Crippen LogP contribution in [0.15, 0.2) is 30.7 Å². The third kappa shape index (κ3) is 2.61. The van der Waals surface area contributed by atoms with Crippen LogP contribution < -0.4 is 0 Å². The number of carboxylic acids is 1. The van der Waals surface area contributed by atoms with Crippen LogP contribution in [0, 0.1) is 11.8 Å². The zero-order chi connectivity index (χ0) is 15.0. The molecule has 2 aromatic heterocycles. The summed E-state index contributed by atoms with van der Waals surface area (Å²) in [5.74, 6) is -1.23. The monoisotopic (exact) mass is 287 g/mol. The highest BCUT2D eigenvalue weighted by molar-refractivity contribution is 5.94. The van der Waals surface area contributed by atoms with Gasteiger partial charge in [0.1, 0.15) is 5.65 Å². The molecule has 2 aromatic rings. The largest absolute Gasteiger partial charge is 0.481 e. The van der Waals surface area contributed by atoms with Crippen LogP contribution in [0.2, 0.25) is 0 Å². The topological polar surface area (TPSA) is 74.9 Å². The van der Waals surface area contributed by atoms with Gasteiger partial charge in [0.2, 0.25) is 0 Å². The number of piperidine rings is 1. The molecule has 0 saturated carbocycles. The van der Waals surface area contributed by atoms with Gasteiger partial charge in [-0.3, -0.25) is 9.59 Å². The van der Waals surface area contributed by atoms with E-state index in [0.717, 1.165) is 5.65 Å². The van der Waals surface area contributed by atoms with Crippen molar-refractivity contribution in [3.05, 3.63) is 36.3 Å². The van der Waals surface area contributed by atoms with E-state index in [-0.39, 0.29) is 18.4 Å². The first-order valence-corrected chi connectivity index (χ1v) is 6.99. The molecule has 110 valence electrons. The summed E-state index contributed by atoms with van der Waals surface area (Å²) in [6, 6.07) is 3.52. The number of carbonyl (C=O) groups excluding carboxylic acids is 1. The van der Waals surface area contributed by atoms with Crippen molar-refractivity contribution in [2.24, 2.45) is 11.8 Å². The van der Waals surface area contributed by atoms with Crippen molar-refractivity contribution in [2.75, 3.05) is 13.1 Å². The van der Waals surface area contributed by atoms with E-state index in [0.29, 0.717) is 18.5 Å². The molecular formula is C15H17N3O3. The lowest BCUT2D eigenvalue weighted by atomic mass is 9.90. The smallest absolute Gasteiger partial charge is 0.308 e. The summed E-state index contributed by atoms with van der Waals surface area (Å²) in [7, 11) is 0. The van der Waals surface area contributed by atoms with Gasteiger partial charge in [0.25, 0.3) is 5.91 Å². The molecule has 1 fully saturated rings. The molecule has 0 aliphatic carbocycles. The van der Waals surface area contributed by atoms with Gasteiger partial charge in [0, 0.05) is 31.7 Å². The van der Waals surface area contributed by atoms with Gasteiger partial charge >= 0.3 is 5.97 Å². The van der Waals surface area contributed by atoms with E-state index in [9.17, 15) is 14.7 Å². The third-order valence-electron chi connectivity index (χ3n) is 3.93. The van der Waals surface area contributed by atoms with Crippen molar-refractivity contribution in [3.63, 3.8) is 0 Å². The van der Waals surface area contributed by atoms with E-state index >= 15 is 0 Å². The van der Waals surface area contributed by atoms with E-state index in [1.807, 2.05) is 6.92 Å². The molecular weight excluding hydrogens is 270 g/mol. The Balaban J connectivity index is 1.84. The molecule has 2 unspecified atom stereocenters. The normalized spacial score (nSPS) is 22.4. The first-order valence-electron chi connectivity index (χ1n) is 6.99. The average molecular weight is 287 g/mol. The van der Waals surface area contributed by atoms with Crippen molar-refractivity contribution in [3.8, 4) is 0 Å². The Hall–Kier alpha value is -2.37. The predicted molar refractivity (Wildman–Crippen MR) is 76.0 cm³/mol. The maximum Gasteiger partial charge on any atom is 0.308 e. The molecule has 6 nitrogen and oxygen atoms in total. The number of fused-ring (bicyclic) bond motifs is 1. The van der Waals surface area contributed by atoms with Crippen LogP contribution >= 0.6 is 0 Å². The van der Waals surface area contributed by atoms with Crippen LogP contribution in [0.3, 0.4) is 0 Å². The minimum Gasteiger partial charge on any atom is -0.481 e. The highest BCUT2D eigenvalue weighted by atomic mass is 16.4. The number of carboxylic acid groups (broad SMARTS) is 1. The van der Waals surface area contributed by atoms with Gasteiger partial charge in [0.15, 0.2) is 0 Å². The highest BCUT2D eigenvalue weighted by Gasteiger charge is 2.32. The van der Waals surface area contributed by atoms with Gasteiger partial charge in [-0.05, 0) is 24.5 Å². The van der Waals surface area contributed by atoms with Crippen LogP contribution in [0.5, 0.6) is 0 Å². The molecule has 0 aromatic carbocycles. The molecule has 6 heteroatoms. The number of likely N-dealkylation sites (tertiary alicyclic amines) is 1. The van der Waals surface area contributed by atoms with Crippen LogP contribution in [0.1, 0.15) is 23.7 Å². The summed E-state index contributed by atoms with van der Waals surface area (Å²) < 4.78 is 1.79. The second kappa shape index (κ2) is 5.20. The first kappa shape index (κ1) is 13.6. The first-order chi connectivity index (χ1) is 10.0. The molecule has 1 aliphatic heterocycles. The number of amides is 1. The second-order valence-electron chi connectivity index (χ2n) is 5.70. The van der Waals surface area contributed by atoms with Crippen LogP contribution in [-0.2, 0) is 4.79 Å². The van der Waals surface area contributed by atoms with Gasteiger partial charge in [-0.15, -0.1) is 0 Å². The summed E-state index contributed by atoms with van der Waals surface area (Å²) in [6.07, 6.45) is 5.82. The van der Waals surface area contributed by atoms with Crippen molar-refractivity contribution >= 4 is 17.5 Å². The van der Waals surface area contributed by atoms with Crippen molar-refractivity contribution in [1.29, 1.82) is 0 Å². The van der Waals surface area contributed by atoms with E-state index < -0.39 is 11.9 Å². The number of rotatable bonds is 2.